The summed E-state index contributed by atoms with van der Waals surface area (Å²) in [6.07, 6.45) is 0.256. The van der Waals surface area contributed by atoms with Crippen LogP contribution in [0.4, 0.5) is 5.69 Å². The Labute approximate surface area is 259 Å². The van der Waals surface area contributed by atoms with Crippen LogP contribution >= 0.6 is 15.9 Å². The Kier molecular flexibility index (Phi) is 11.0. The fourth-order valence-corrected chi connectivity index (χ4v) is 6.09. The summed E-state index contributed by atoms with van der Waals surface area (Å²) in [6.45, 7) is 8.97. The molecule has 1 N–H and O–H groups in total. The summed E-state index contributed by atoms with van der Waals surface area (Å²) >= 11 is 3.50. The van der Waals surface area contributed by atoms with Crippen molar-refractivity contribution in [2.24, 2.45) is 0 Å². The highest BCUT2D eigenvalue weighted by atomic mass is 79.9. The molecule has 0 fully saturated rings. The number of carbonyl (C=O) groups excluding carboxylic acids is 2. The molecule has 0 aliphatic carbocycles. The zero-order valence-electron chi connectivity index (χ0n) is 25.4. The van der Waals surface area contributed by atoms with Crippen LogP contribution in [0.5, 0.6) is 0 Å². The van der Waals surface area contributed by atoms with Crippen LogP contribution in [0.3, 0.4) is 0 Å². The molecule has 0 saturated heterocycles. The van der Waals surface area contributed by atoms with Crippen molar-refractivity contribution in [3.05, 3.63) is 99.5 Å². The summed E-state index contributed by atoms with van der Waals surface area (Å²) in [5.74, 6) is -0.810. The van der Waals surface area contributed by atoms with Crippen LogP contribution in [0, 0.1) is 13.8 Å². The van der Waals surface area contributed by atoms with Crippen molar-refractivity contribution in [3.8, 4) is 0 Å². The van der Waals surface area contributed by atoms with E-state index in [-0.39, 0.29) is 18.9 Å². The first-order valence-corrected chi connectivity index (χ1v) is 15.9. The van der Waals surface area contributed by atoms with E-state index in [4.69, 9.17) is 0 Å². The van der Waals surface area contributed by atoms with Crippen molar-refractivity contribution < 1.29 is 18.0 Å². The van der Waals surface area contributed by atoms with E-state index in [1.165, 1.54) is 19.0 Å². The molecule has 10 heteroatoms. The molecule has 0 aromatic heterocycles. The van der Waals surface area contributed by atoms with Gasteiger partial charge in [0.2, 0.25) is 11.8 Å². The van der Waals surface area contributed by atoms with E-state index in [9.17, 15) is 18.0 Å². The Balaban J connectivity index is 2.15. The van der Waals surface area contributed by atoms with Crippen LogP contribution in [0.15, 0.2) is 77.3 Å². The van der Waals surface area contributed by atoms with Gasteiger partial charge in [-0.1, -0.05) is 70.5 Å². The first-order valence-electron chi connectivity index (χ1n) is 13.8. The van der Waals surface area contributed by atoms with Gasteiger partial charge in [0.1, 0.15) is 12.6 Å². The number of halogens is 1. The van der Waals surface area contributed by atoms with Crippen LogP contribution in [0.1, 0.15) is 43.0 Å². The fraction of sp³-hybridized carbons (Fsp3) is 0.375. The van der Waals surface area contributed by atoms with Crippen LogP contribution in [-0.2, 0) is 32.8 Å². The van der Waals surface area contributed by atoms with E-state index in [2.05, 4.69) is 21.2 Å². The maximum atomic E-state index is 14.4. The van der Waals surface area contributed by atoms with E-state index >= 15 is 0 Å². The third kappa shape index (κ3) is 8.89. The first kappa shape index (κ1) is 33.3. The summed E-state index contributed by atoms with van der Waals surface area (Å²) in [5.41, 5.74) is 3.12. The number of nitrogens with zero attached hydrogens (tertiary/aromatic N) is 3. The molecule has 1 atom stereocenters. The highest BCUT2D eigenvalue weighted by Crippen LogP contribution is 2.26. The van der Waals surface area contributed by atoms with Crippen molar-refractivity contribution in [1.29, 1.82) is 0 Å². The van der Waals surface area contributed by atoms with Gasteiger partial charge in [-0.2, -0.15) is 12.7 Å². The second-order valence-electron chi connectivity index (χ2n) is 11.7. The molecule has 0 radical (unpaired) electrons. The molecule has 0 spiro atoms. The van der Waals surface area contributed by atoms with E-state index in [0.717, 1.165) is 29.8 Å². The molecule has 0 bridgehead atoms. The standard InChI is InChI=1S/C32H41BrN4O4S/c1-23-16-17-24(2)28(18-23)37(42(40,41)35(6)7)22-30(38)36(21-26-14-11-15-27(33)19-26)29(31(39)34-32(3,4)5)20-25-12-9-8-10-13-25/h8-19,29H,20-22H2,1-7H3,(H,34,39)/t29-/m0/s1. The topological polar surface area (TPSA) is 90.0 Å². The van der Waals surface area contributed by atoms with Gasteiger partial charge < -0.3 is 10.2 Å². The molecular weight excluding hydrogens is 616 g/mol. The number of hydrogen-bond acceptors (Lipinski definition) is 4. The molecule has 226 valence electrons. The number of aryl methyl sites for hydroxylation is 2. The Bertz CT molecular complexity index is 1500. The van der Waals surface area contributed by atoms with Gasteiger partial charge in [0.15, 0.2) is 0 Å². The minimum Gasteiger partial charge on any atom is -0.350 e. The van der Waals surface area contributed by atoms with Crippen molar-refractivity contribution in [1.82, 2.24) is 14.5 Å². The molecule has 0 heterocycles. The van der Waals surface area contributed by atoms with E-state index < -0.39 is 34.2 Å². The zero-order chi connectivity index (χ0) is 31.2. The molecule has 0 unspecified atom stereocenters. The summed E-state index contributed by atoms with van der Waals surface area (Å²) in [4.78, 5) is 29.8. The van der Waals surface area contributed by atoms with Crippen molar-refractivity contribution >= 4 is 43.6 Å². The van der Waals surface area contributed by atoms with Crippen LogP contribution in [0.2, 0.25) is 0 Å². The van der Waals surface area contributed by atoms with Gasteiger partial charge in [-0.25, -0.2) is 4.31 Å². The number of carbonyl (C=O) groups is 2. The lowest BCUT2D eigenvalue weighted by Crippen LogP contribution is -2.56. The Morgan fingerprint density at radius 3 is 2.14 bits per heavy atom. The van der Waals surface area contributed by atoms with E-state index in [1.807, 2.05) is 101 Å². The van der Waals surface area contributed by atoms with Crippen LogP contribution < -0.4 is 9.62 Å². The highest BCUT2D eigenvalue weighted by Gasteiger charge is 2.36. The lowest BCUT2D eigenvalue weighted by Gasteiger charge is -2.36. The third-order valence-corrected chi connectivity index (χ3v) is 8.96. The van der Waals surface area contributed by atoms with E-state index in [1.54, 1.807) is 6.07 Å². The summed E-state index contributed by atoms with van der Waals surface area (Å²) in [6, 6.07) is 21.6. The minimum atomic E-state index is -4.06. The smallest absolute Gasteiger partial charge is 0.304 e. The molecule has 8 nitrogen and oxygen atoms in total. The minimum absolute atomic E-state index is 0.107. The Morgan fingerprint density at radius 1 is 0.905 bits per heavy atom. The Morgan fingerprint density at radius 2 is 1.55 bits per heavy atom. The van der Waals surface area contributed by atoms with Gasteiger partial charge in [0.25, 0.3) is 0 Å². The molecule has 3 aromatic rings. The second-order valence-corrected chi connectivity index (χ2v) is 14.7. The molecule has 42 heavy (non-hydrogen) atoms. The first-order chi connectivity index (χ1) is 19.6. The highest BCUT2D eigenvalue weighted by molar-refractivity contribution is 9.10. The van der Waals surface area contributed by atoms with Gasteiger partial charge in [-0.3, -0.25) is 9.59 Å². The van der Waals surface area contributed by atoms with Gasteiger partial charge in [0, 0.05) is 37.1 Å². The van der Waals surface area contributed by atoms with Crippen LogP contribution in [-0.4, -0.2) is 61.7 Å². The number of rotatable bonds is 11. The number of nitrogens with one attached hydrogen (secondary N) is 1. The average molecular weight is 658 g/mol. The van der Waals surface area contributed by atoms with Crippen molar-refractivity contribution in [2.75, 3.05) is 24.9 Å². The number of benzene rings is 3. The lowest BCUT2D eigenvalue weighted by atomic mass is 10.0. The summed E-state index contributed by atoms with van der Waals surface area (Å²) in [7, 11) is -1.19. The maximum absolute atomic E-state index is 14.4. The molecule has 0 aliphatic rings. The number of anilines is 1. The van der Waals surface area contributed by atoms with Gasteiger partial charge >= 0.3 is 10.2 Å². The molecule has 3 aromatic carbocycles. The lowest BCUT2D eigenvalue weighted by molar-refractivity contribution is -0.140. The molecular formula is C32H41BrN4O4S. The molecule has 0 saturated carbocycles. The normalized spacial score (nSPS) is 12.6. The average Bonchev–Trinajstić information content (AvgIpc) is 2.90. The van der Waals surface area contributed by atoms with Crippen LogP contribution in [0.25, 0.3) is 0 Å². The number of amides is 2. The van der Waals surface area contributed by atoms with Gasteiger partial charge in [-0.15, -0.1) is 0 Å². The van der Waals surface area contributed by atoms with Crippen molar-refractivity contribution in [2.45, 2.75) is 59.2 Å². The largest absolute Gasteiger partial charge is 0.350 e. The molecule has 2 amide bonds. The number of hydrogen-bond donors (Lipinski definition) is 1. The predicted octanol–water partition coefficient (Wildman–Crippen LogP) is 5.23. The maximum Gasteiger partial charge on any atom is 0.304 e. The van der Waals surface area contributed by atoms with Gasteiger partial charge in [-0.05, 0) is 75.1 Å². The predicted molar refractivity (Wildman–Crippen MR) is 172 cm³/mol. The quantitative estimate of drug-likeness (QED) is 0.306. The second kappa shape index (κ2) is 13.8. The van der Waals surface area contributed by atoms with Crippen molar-refractivity contribution in [3.63, 3.8) is 0 Å². The molecule has 3 rings (SSSR count). The zero-order valence-corrected chi connectivity index (χ0v) is 27.8. The summed E-state index contributed by atoms with van der Waals surface area (Å²) in [5, 5.41) is 3.04. The monoisotopic (exact) mass is 656 g/mol. The van der Waals surface area contributed by atoms with Gasteiger partial charge in [0.05, 0.1) is 5.69 Å². The third-order valence-electron chi connectivity index (χ3n) is 6.66. The molecule has 0 aliphatic heterocycles. The summed E-state index contributed by atoms with van der Waals surface area (Å²) < 4.78 is 30.3. The fourth-order valence-electron chi connectivity index (χ4n) is 4.53. The SMILES string of the molecule is Cc1ccc(C)c(N(CC(=O)N(Cc2cccc(Br)c2)[C@@H](Cc2ccccc2)C(=O)NC(C)(C)C)S(=O)(=O)N(C)C)c1. The van der Waals surface area contributed by atoms with E-state index in [0.29, 0.717) is 11.3 Å². The Hall–Kier alpha value is -3.21.